The first-order valence-corrected chi connectivity index (χ1v) is 7.62. The van der Waals surface area contributed by atoms with Crippen molar-refractivity contribution in [2.24, 2.45) is 11.8 Å². The molecule has 22 heavy (non-hydrogen) atoms. The largest absolute Gasteiger partial charge is 0.481 e. The average Bonchev–Trinajstić information content (AvgIpc) is 2.81. The number of nitrogens with zero attached hydrogens (tertiary/aromatic N) is 2. The standard InChI is InChI=1S/C16H21ClN2O3/c1-10-8-19(9-13(10)16(21)22)15(20)14(18(2)3)11-5-4-6-12(17)7-11/h4-7,10,13-14H,8-9H2,1-3H3,(H,21,22)/t10-,13-,14?/m1/s1. The molecule has 1 aromatic carbocycles. The maximum Gasteiger partial charge on any atom is 0.308 e. The molecule has 1 aromatic rings. The third-order valence-electron chi connectivity index (χ3n) is 4.16. The summed E-state index contributed by atoms with van der Waals surface area (Å²) in [6, 6.07) is 6.76. The van der Waals surface area contributed by atoms with E-state index in [1.54, 1.807) is 17.0 Å². The van der Waals surface area contributed by atoms with Crippen molar-refractivity contribution in [2.75, 3.05) is 27.2 Å². The predicted molar refractivity (Wildman–Crippen MR) is 84.7 cm³/mol. The lowest BCUT2D eigenvalue weighted by Crippen LogP contribution is -2.39. The summed E-state index contributed by atoms with van der Waals surface area (Å²) in [4.78, 5) is 27.6. The van der Waals surface area contributed by atoms with E-state index in [0.29, 0.717) is 11.6 Å². The van der Waals surface area contributed by atoms with Crippen molar-refractivity contribution in [2.45, 2.75) is 13.0 Å². The lowest BCUT2D eigenvalue weighted by atomic mass is 9.99. The molecule has 0 radical (unpaired) electrons. The van der Waals surface area contributed by atoms with Crippen LogP contribution in [0.15, 0.2) is 24.3 Å². The van der Waals surface area contributed by atoms with Crippen LogP contribution in [0, 0.1) is 11.8 Å². The Morgan fingerprint density at radius 1 is 1.36 bits per heavy atom. The van der Waals surface area contributed by atoms with Gasteiger partial charge in [-0.05, 0) is 37.7 Å². The van der Waals surface area contributed by atoms with Crippen molar-refractivity contribution in [1.29, 1.82) is 0 Å². The summed E-state index contributed by atoms with van der Waals surface area (Å²) in [7, 11) is 3.66. The summed E-state index contributed by atoms with van der Waals surface area (Å²) in [6.45, 7) is 2.61. The SMILES string of the molecule is C[C@@H]1CN(C(=O)C(c2cccc(Cl)c2)N(C)C)C[C@H]1C(=O)O. The molecule has 1 saturated heterocycles. The van der Waals surface area contributed by atoms with E-state index in [9.17, 15) is 14.7 Å². The highest BCUT2D eigenvalue weighted by molar-refractivity contribution is 6.30. The molecule has 1 fully saturated rings. The van der Waals surface area contributed by atoms with E-state index >= 15 is 0 Å². The topological polar surface area (TPSA) is 60.9 Å². The van der Waals surface area contributed by atoms with Gasteiger partial charge in [-0.3, -0.25) is 14.5 Å². The number of amides is 1. The van der Waals surface area contributed by atoms with Gasteiger partial charge in [-0.15, -0.1) is 0 Å². The normalized spacial score (nSPS) is 22.9. The second-order valence-corrected chi connectivity index (χ2v) is 6.52. The Bertz CT molecular complexity index is 576. The van der Waals surface area contributed by atoms with E-state index in [-0.39, 0.29) is 18.4 Å². The van der Waals surface area contributed by atoms with Gasteiger partial charge in [0.05, 0.1) is 5.92 Å². The number of carboxylic acid groups (broad SMARTS) is 1. The Morgan fingerprint density at radius 2 is 2.05 bits per heavy atom. The zero-order chi connectivity index (χ0) is 16.4. The fourth-order valence-electron chi connectivity index (χ4n) is 2.98. The van der Waals surface area contributed by atoms with Crippen LogP contribution in [0.5, 0.6) is 0 Å². The number of likely N-dealkylation sites (N-methyl/N-ethyl adjacent to an activating group) is 1. The van der Waals surface area contributed by atoms with E-state index in [0.717, 1.165) is 5.56 Å². The smallest absolute Gasteiger partial charge is 0.308 e. The minimum absolute atomic E-state index is 0.0383. The molecule has 2 rings (SSSR count). The molecule has 0 aliphatic carbocycles. The van der Waals surface area contributed by atoms with Gasteiger partial charge in [0.2, 0.25) is 5.91 Å². The summed E-state index contributed by atoms with van der Waals surface area (Å²) < 4.78 is 0. The molecule has 3 atom stereocenters. The van der Waals surface area contributed by atoms with Crippen molar-refractivity contribution in [3.63, 3.8) is 0 Å². The number of carbonyl (C=O) groups is 2. The van der Waals surface area contributed by atoms with Gasteiger partial charge in [0.1, 0.15) is 6.04 Å². The Morgan fingerprint density at radius 3 is 2.55 bits per heavy atom. The fourth-order valence-corrected chi connectivity index (χ4v) is 3.18. The Balaban J connectivity index is 2.23. The van der Waals surface area contributed by atoms with Crippen LogP contribution < -0.4 is 0 Å². The molecule has 0 aromatic heterocycles. The number of aliphatic carboxylic acids is 1. The average molecular weight is 325 g/mol. The molecule has 0 spiro atoms. The van der Waals surface area contributed by atoms with Crippen LogP contribution >= 0.6 is 11.6 Å². The highest BCUT2D eigenvalue weighted by Crippen LogP contribution is 2.29. The Hall–Kier alpha value is -1.59. The number of carbonyl (C=O) groups excluding carboxylic acids is 1. The molecule has 0 bridgehead atoms. The van der Waals surface area contributed by atoms with E-state index in [1.807, 2.05) is 38.1 Å². The Kier molecular flexibility index (Phi) is 5.08. The minimum Gasteiger partial charge on any atom is -0.481 e. The van der Waals surface area contributed by atoms with Crippen LogP contribution in [0.3, 0.4) is 0 Å². The zero-order valence-electron chi connectivity index (χ0n) is 13.0. The van der Waals surface area contributed by atoms with Crippen molar-refractivity contribution in [3.05, 3.63) is 34.9 Å². The van der Waals surface area contributed by atoms with Gasteiger partial charge in [-0.25, -0.2) is 0 Å². The summed E-state index contributed by atoms with van der Waals surface area (Å²) in [5.74, 6) is -1.45. The van der Waals surface area contributed by atoms with Crippen molar-refractivity contribution in [3.8, 4) is 0 Å². The number of benzene rings is 1. The van der Waals surface area contributed by atoms with Gasteiger partial charge >= 0.3 is 5.97 Å². The predicted octanol–water partition coefficient (Wildman–Crippen LogP) is 2.12. The van der Waals surface area contributed by atoms with E-state index in [1.165, 1.54) is 0 Å². The van der Waals surface area contributed by atoms with Crippen LogP contribution in [-0.4, -0.2) is 54.0 Å². The second kappa shape index (κ2) is 6.67. The molecule has 1 N–H and O–H groups in total. The first kappa shape index (κ1) is 16.8. The third-order valence-corrected chi connectivity index (χ3v) is 4.39. The molecule has 5 nitrogen and oxygen atoms in total. The first-order chi connectivity index (χ1) is 10.3. The fraction of sp³-hybridized carbons (Fsp3) is 0.500. The van der Waals surface area contributed by atoms with Gasteiger partial charge in [0.25, 0.3) is 0 Å². The number of hydrogen-bond acceptors (Lipinski definition) is 3. The maximum atomic E-state index is 12.9. The van der Waals surface area contributed by atoms with E-state index < -0.39 is 17.9 Å². The second-order valence-electron chi connectivity index (χ2n) is 6.09. The molecular formula is C16H21ClN2O3. The van der Waals surface area contributed by atoms with Crippen LogP contribution in [0.1, 0.15) is 18.5 Å². The van der Waals surface area contributed by atoms with Crippen molar-refractivity contribution in [1.82, 2.24) is 9.80 Å². The van der Waals surface area contributed by atoms with Gasteiger partial charge in [-0.1, -0.05) is 30.7 Å². The molecule has 1 heterocycles. The van der Waals surface area contributed by atoms with Crippen LogP contribution in [0.4, 0.5) is 0 Å². The summed E-state index contributed by atoms with van der Waals surface area (Å²) >= 11 is 6.02. The molecule has 120 valence electrons. The lowest BCUT2D eigenvalue weighted by Gasteiger charge is -2.28. The molecule has 1 unspecified atom stereocenters. The monoisotopic (exact) mass is 324 g/mol. The molecule has 0 saturated carbocycles. The molecular weight excluding hydrogens is 304 g/mol. The first-order valence-electron chi connectivity index (χ1n) is 7.24. The summed E-state index contributed by atoms with van der Waals surface area (Å²) in [5, 5.41) is 9.80. The van der Waals surface area contributed by atoms with Crippen molar-refractivity contribution >= 4 is 23.5 Å². The molecule has 1 amide bonds. The van der Waals surface area contributed by atoms with Gasteiger partial charge in [0, 0.05) is 18.1 Å². The number of rotatable bonds is 4. The van der Waals surface area contributed by atoms with Gasteiger partial charge < -0.3 is 10.0 Å². The van der Waals surface area contributed by atoms with Gasteiger partial charge in [0.15, 0.2) is 0 Å². The van der Waals surface area contributed by atoms with Crippen LogP contribution in [0.2, 0.25) is 5.02 Å². The number of likely N-dealkylation sites (tertiary alicyclic amines) is 1. The van der Waals surface area contributed by atoms with E-state index in [4.69, 9.17) is 11.6 Å². The number of halogens is 1. The quantitative estimate of drug-likeness (QED) is 0.921. The molecule has 1 aliphatic heterocycles. The number of hydrogen-bond donors (Lipinski definition) is 1. The minimum atomic E-state index is -0.841. The van der Waals surface area contributed by atoms with Crippen LogP contribution in [0.25, 0.3) is 0 Å². The highest BCUT2D eigenvalue weighted by atomic mass is 35.5. The maximum absolute atomic E-state index is 12.9. The summed E-state index contributed by atoms with van der Waals surface area (Å²) in [6.07, 6.45) is 0. The third kappa shape index (κ3) is 3.42. The summed E-state index contributed by atoms with van der Waals surface area (Å²) in [5.41, 5.74) is 0.814. The molecule has 6 heteroatoms. The number of carboxylic acids is 1. The van der Waals surface area contributed by atoms with E-state index in [2.05, 4.69) is 0 Å². The Labute approximate surface area is 135 Å². The zero-order valence-corrected chi connectivity index (χ0v) is 13.7. The van der Waals surface area contributed by atoms with Crippen molar-refractivity contribution < 1.29 is 14.7 Å². The molecule has 1 aliphatic rings. The van der Waals surface area contributed by atoms with Gasteiger partial charge in [-0.2, -0.15) is 0 Å². The highest BCUT2D eigenvalue weighted by Gasteiger charge is 2.39. The lowest BCUT2D eigenvalue weighted by molar-refractivity contribution is -0.142. The van der Waals surface area contributed by atoms with Crippen LogP contribution in [-0.2, 0) is 9.59 Å².